The summed E-state index contributed by atoms with van der Waals surface area (Å²) in [6.45, 7) is 0. The van der Waals surface area contributed by atoms with Gasteiger partial charge in [0.05, 0.1) is 27.4 Å². The molecule has 0 radical (unpaired) electrons. The van der Waals surface area contributed by atoms with E-state index in [1.165, 1.54) is 40.9 Å². The van der Waals surface area contributed by atoms with Crippen molar-refractivity contribution >= 4 is 43.8 Å². The summed E-state index contributed by atoms with van der Waals surface area (Å²) in [5, 5.41) is 0.399. The number of rotatable bonds is 5. The number of thioether (sulfide) groups is 1. The SMILES string of the molecule is CS(=O)(=O)c1ccc(-n2c(SCc3nc4ccccc4[nH]3)nc3nccnc3c2=O)cc1. The van der Waals surface area contributed by atoms with Crippen LogP contribution in [0.15, 0.2) is 75.8 Å². The third-order valence-corrected chi connectivity index (χ3v) is 6.86. The number of benzene rings is 2. The summed E-state index contributed by atoms with van der Waals surface area (Å²) in [6.07, 6.45) is 4.05. The minimum absolute atomic E-state index is 0.132. The van der Waals surface area contributed by atoms with Crippen molar-refractivity contribution in [3.8, 4) is 5.69 Å². The molecule has 0 atom stereocenters. The average molecular weight is 465 g/mol. The first-order valence-corrected chi connectivity index (χ1v) is 12.4. The number of imidazole rings is 1. The number of sulfone groups is 1. The Morgan fingerprint density at radius 1 is 1.00 bits per heavy atom. The topological polar surface area (TPSA) is 123 Å². The summed E-state index contributed by atoms with van der Waals surface area (Å²) < 4.78 is 25.0. The number of aromatic amines is 1. The number of nitrogens with zero attached hydrogens (tertiary/aromatic N) is 5. The number of para-hydroxylation sites is 2. The molecule has 32 heavy (non-hydrogen) atoms. The molecule has 160 valence electrons. The third kappa shape index (κ3) is 3.76. The zero-order valence-electron chi connectivity index (χ0n) is 16.8. The van der Waals surface area contributed by atoms with Crippen molar-refractivity contribution in [2.75, 3.05) is 6.26 Å². The largest absolute Gasteiger partial charge is 0.341 e. The lowest BCUT2D eigenvalue weighted by Gasteiger charge is -2.12. The highest BCUT2D eigenvalue weighted by Crippen LogP contribution is 2.24. The Morgan fingerprint density at radius 3 is 2.50 bits per heavy atom. The van der Waals surface area contributed by atoms with Crippen molar-refractivity contribution in [2.45, 2.75) is 15.8 Å². The van der Waals surface area contributed by atoms with Crippen molar-refractivity contribution in [2.24, 2.45) is 0 Å². The van der Waals surface area contributed by atoms with Crippen molar-refractivity contribution in [1.82, 2.24) is 29.5 Å². The van der Waals surface area contributed by atoms with Crippen molar-refractivity contribution < 1.29 is 8.42 Å². The van der Waals surface area contributed by atoms with Crippen LogP contribution >= 0.6 is 11.8 Å². The first kappa shape index (κ1) is 20.3. The average Bonchev–Trinajstić information content (AvgIpc) is 3.20. The molecule has 5 rings (SSSR count). The van der Waals surface area contributed by atoms with Crippen LogP contribution in [0.4, 0.5) is 0 Å². The van der Waals surface area contributed by atoms with Gasteiger partial charge in [-0.25, -0.2) is 28.4 Å². The summed E-state index contributed by atoms with van der Waals surface area (Å²) in [6, 6.07) is 13.8. The van der Waals surface area contributed by atoms with Crippen LogP contribution in [-0.2, 0) is 15.6 Å². The highest BCUT2D eigenvalue weighted by Gasteiger charge is 2.17. The molecule has 3 heterocycles. The Hall–Kier alpha value is -3.57. The van der Waals surface area contributed by atoms with Crippen molar-refractivity contribution in [3.63, 3.8) is 0 Å². The smallest absolute Gasteiger partial charge is 0.286 e. The summed E-state index contributed by atoms with van der Waals surface area (Å²) in [4.78, 5) is 34.1. The van der Waals surface area contributed by atoms with E-state index in [1.54, 1.807) is 12.1 Å². The molecule has 0 fully saturated rings. The highest BCUT2D eigenvalue weighted by molar-refractivity contribution is 7.98. The molecule has 1 N–H and O–H groups in total. The van der Waals surface area contributed by atoms with E-state index in [2.05, 4.69) is 24.9 Å². The van der Waals surface area contributed by atoms with Gasteiger partial charge < -0.3 is 4.98 Å². The number of fused-ring (bicyclic) bond motifs is 2. The molecule has 2 aromatic carbocycles. The van der Waals surface area contributed by atoms with E-state index in [1.807, 2.05) is 24.3 Å². The van der Waals surface area contributed by atoms with Crippen LogP contribution in [-0.4, -0.2) is 44.2 Å². The quantitative estimate of drug-likeness (QED) is 0.311. The fraction of sp³-hybridized carbons (Fsp3) is 0.0952. The van der Waals surface area contributed by atoms with Gasteiger partial charge in [-0.15, -0.1) is 0 Å². The summed E-state index contributed by atoms with van der Waals surface area (Å²) in [7, 11) is -3.36. The fourth-order valence-electron chi connectivity index (χ4n) is 3.27. The van der Waals surface area contributed by atoms with E-state index >= 15 is 0 Å². The number of hydrogen-bond acceptors (Lipinski definition) is 8. The van der Waals surface area contributed by atoms with Crippen LogP contribution in [0, 0.1) is 0 Å². The van der Waals surface area contributed by atoms with Gasteiger partial charge in [0.1, 0.15) is 5.82 Å². The van der Waals surface area contributed by atoms with Crippen LogP contribution in [0.3, 0.4) is 0 Å². The van der Waals surface area contributed by atoms with E-state index in [0.29, 0.717) is 16.6 Å². The molecular weight excluding hydrogens is 448 g/mol. The van der Waals surface area contributed by atoms with Gasteiger partial charge in [-0.1, -0.05) is 23.9 Å². The molecule has 0 bridgehead atoms. The highest BCUT2D eigenvalue weighted by atomic mass is 32.2. The number of hydrogen-bond donors (Lipinski definition) is 1. The maximum Gasteiger partial charge on any atom is 0.286 e. The van der Waals surface area contributed by atoms with E-state index in [0.717, 1.165) is 23.1 Å². The first-order valence-electron chi connectivity index (χ1n) is 9.51. The molecule has 0 saturated carbocycles. The van der Waals surface area contributed by atoms with E-state index in [4.69, 9.17) is 0 Å². The van der Waals surface area contributed by atoms with Gasteiger partial charge in [-0.3, -0.25) is 9.36 Å². The van der Waals surface area contributed by atoms with Gasteiger partial charge in [0.25, 0.3) is 5.56 Å². The molecule has 0 unspecified atom stereocenters. The first-order chi connectivity index (χ1) is 15.4. The second-order valence-corrected chi connectivity index (χ2v) is 9.98. The molecule has 0 aliphatic heterocycles. The Morgan fingerprint density at radius 2 is 1.75 bits per heavy atom. The van der Waals surface area contributed by atoms with E-state index in [-0.39, 0.29) is 21.6 Å². The Kier molecular flexibility index (Phi) is 4.98. The Balaban J connectivity index is 1.59. The Labute approximate surface area is 186 Å². The maximum atomic E-state index is 13.2. The van der Waals surface area contributed by atoms with Crippen LogP contribution in [0.5, 0.6) is 0 Å². The van der Waals surface area contributed by atoms with Crippen LogP contribution < -0.4 is 5.56 Å². The second kappa shape index (κ2) is 7.84. The molecular formula is C21H16N6O3S2. The fourth-order valence-corrected chi connectivity index (χ4v) is 4.77. The number of aromatic nitrogens is 6. The third-order valence-electron chi connectivity index (χ3n) is 4.78. The lowest BCUT2D eigenvalue weighted by Crippen LogP contribution is -2.23. The van der Waals surface area contributed by atoms with Gasteiger partial charge in [-0.2, -0.15) is 0 Å². The monoisotopic (exact) mass is 464 g/mol. The molecule has 0 aliphatic rings. The van der Waals surface area contributed by atoms with Gasteiger partial charge in [0.2, 0.25) is 0 Å². The summed E-state index contributed by atoms with van der Waals surface area (Å²) in [5.74, 6) is 1.18. The number of H-pyrrole nitrogens is 1. The van der Waals surface area contributed by atoms with Crippen molar-refractivity contribution in [3.05, 3.63) is 77.1 Å². The molecule has 0 amide bonds. The minimum Gasteiger partial charge on any atom is -0.341 e. The van der Waals surface area contributed by atoms with Gasteiger partial charge in [0, 0.05) is 18.6 Å². The van der Waals surface area contributed by atoms with Gasteiger partial charge in [0.15, 0.2) is 26.2 Å². The van der Waals surface area contributed by atoms with Crippen molar-refractivity contribution in [1.29, 1.82) is 0 Å². The molecule has 3 aromatic heterocycles. The number of nitrogens with one attached hydrogen (secondary N) is 1. The zero-order valence-corrected chi connectivity index (χ0v) is 18.4. The lowest BCUT2D eigenvalue weighted by atomic mass is 10.3. The minimum atomic E-state index is -3.36. The second-order valence-electron chi connectivity index (χ2n) is 7.02. The van der Waals surface area contributed by atoms with Crippen LogP contribution in [0.2, 0.25) is 0 Å². The lowest BCUT2D eigenvalue weighted by molar-refractivity contribution is 0.602. The molecule has 5 aromatic rings. The predicted molar refractivity (Wildman–Crippen MR) is 122 cm³/mol. The predicted octanol–water partition coefficient (Wildman–Crippen LogP) is 2.75. The molecule has 9 nitrogen and oxygen atoms in total. The molecule has 0 saturated heterocycles. The zero-order chi connectivity index (χ0) is 22.3. The normalized spacial score (nSPS) is 11.9. The summed E-state index contributed by atoms with van der Waals surface area (Å²) in [5.41, 5.74) is 2.25. The van der Waals surface area contributed by atoms with Crippen LogP contribution in [0.25, 0.3) is 27.9 Å². The molecule has 0 aliphatic carbocycles. The van der Waals surface area contributed by atoms with Gasteiger partial charge in [-0.05, 0) is 36.4 Å². The standard InChI is InChI=1S/C21H16N6O3S2/c1-32(29,30)14-8-6-13(7-9-14)27-20(28)18-19(23-11-10-22-18)26-21(27)31-12-17-24-15-4-2-3-5-16(15)25-17/h2-11H,12H2,1H3,(H,24,25). The molecule has 0 spiro atoms. The van der Waals surface area contributed by atoms with Gasteiger partial charge >= 0.3 is 0 Å². The summed E-state index contributed by atoms with van der Waals surface area (Å²) >= 11 is 1.32. The maximum absolute atomic E-state index is 13.2. The van der Waals surface area contributed by atoms with Crippen LogP contribution in [0.1, 0.15) is 5.82 Å². The Bertz CT molecular complexity index is 1590. The van der Waals surface area contributed by atoms with E-state index < -0.39 is 9.84 Å². The van der Waals surface area contributed by atoms with E-state index in [9.17, 15) is 13.2 Å². The molecule has 11 heteroatoms.